The van der Waals surface area contributed by atoms with E-state index in [1.165, 1.54) is 30.7 Å². The molecule has 0 bridgehead atoms. The highest BCUT2D eigenvalue weighted by Gasteiger charge is 2.17. The topological polar surface area (TPSA) is 84.1 Å². The third kappa shape index (κ3) is 4.64. The number of ether oxygens (including phenoxy) is 1. The van der Waals surface area contributed by atoms with E-state index in [1.807, 2.05) is 0 Å². The average Bonchev–Trinajstić information content (AvgIpc) is 2.44. The number of hydrogen-bond donors (Lipinski definition) is 2. The number of aromatic amines is 1. The van der Waals surface area contributed by atoms with Crippen LogP contribution in [-0.4, -0.2) is 21.7 Å². The summed E-state index contributed by atoms with van der Waals surface area (Å²) < 4.78 is 18.7. The predicted octanol–water partition coefficient (Wildman–Crippen LogP) is 2.60. The second-order valence-electron chi connectivity index (χ2n) is 5.95. The summed E-state index contributed by atoms with van der Waals surface area (Å²) in [6, 6.07) is 4.01. The number of nitrogens with zero attached hydrogens (tertiary/aromatic N) is 1. The number of carbonyl (C=O) groups excluding carboxylic acids is 1. The van der Waals surface area contributed by atoms with Crippen LogP contribution in [0.3, 0.4) is 0 Å². The van der Waals surface area contributed by atoms with E-state index in [2.05, 4.69) is 15.3 Å². The summed E-state index contributed by atoms with van der Waals surface area (Å²) >= 11 is 0. The molecule has 0 aliphatic rings. The fourth-order valence-electron chi connectivity index (χ4n) is 1.97. The molecule has 0 atom stereocenters. The quantitative estimate of drug-likeness (QED) is 0.911. The van der Waals surface area contributed by atoms with E-state index in [0.717, 1.165) is 0 Å². The number of carbonyl (C=O) groups is 1. The minimum absolute atomic E-state index is 0.0961. The van der Waals surface area contributed by atoms with Gasteiger partial charge in [-0.2, -0.15) is 0 Å². The smallest absolute Gasteiger partial charge is 0.407 e. The monoisotopic (exact) mass is 319 g/mol. The second-order valence-corrected chi connectivity index (χ2v) is 5.95. The molecule has 0 aliphatic heterocycles. The van der Waals surface area contributed by atoms with Crippen LogP contribution in [0, 0.1) is 5.82 Å². The number of nitrogens with one attached hydrogen (secondary N) is 2. The van der Waals surface area contributed by atoms with Crippen molar-refractivity contribution in [2.24, 2.45) is 0 Å². The van der Waals surface area contributed by atoms with Gasteiger partial charge in [-0.25, -0.2) is 14.2 Å². The van der Waals surface area contributed by atoms with Crippen molar-refractivity contribution in [2.75, 3.05) is 0 Å². The van der Waals surface area contributed by atoms with Gasteiger partial charge in [-0.1, -0.05) is 6.07 Å². The number of hydrogen-bond acceptors (Lipinski definition) is 4. The van der Waals surface area contributed by atoms with Crippen molar-refractivity contribution in [3.05, 3.63) is 52.5 Å². The maximum absolute atomic E-state index is 13.5. The first-order chi connectivity index (χ1) is 10.8. The standard InChI is InChI=1S/C16H18FN3O3/c1-16(2,3)23-15(22)19-7-10-4-5-11(17)6-12(10)13-8-18-9-20-14(13)21/h4-6,8-9H,7H2,1-3H3,(H,19,22)(H,18,20,21). The van der Waals surface area contributed by atoms with Gasteiger partial charge in [0.15, 0.2) is 0 Å². The largest absolute Gasteiger partial charge is 0.444 e. The summed E-state index contributed by atoms with van der Waals surface area (Å²) in [5.41, 5.74) is 0.180. The summed E-state index contributed by atoms with van der Waals surface area (Å²) in [5.74, 6) is -0.482. The Hall–Kier alpha value is -2.70. The Bertz CT molecular complexity index is 766. The molecule has 0 spiro atoms. The van der Waals surface area contributed by atoms with Crippen LogP contribution in [0.15, 0.2) is 35.5 Å². The zero-order valence-corrected chi connectivity index (χ0v) is 13.1. The van der Waals surface area contributed by atoms with E-state index in [9.17, 15) is 14.0 Å². The molecule has 2 aromatic rings. The normalized spacial score (nSPS) is 11.1. The number of rotatable bonds is 3. The summed E-state index contributed by atoms with van der Waals surface area (Å²) in [6.07, 6.45) is 2.02. The third-order valence-electron chi connectivity index (χ3n) is 2.90. The molecular weight excluding hydrogens is 301 g/mol. The van der Waals surface area contributed by atoms with Crippen LogP contribution in [-0.2, 0) is 11.3 Å². The van der Waals surface area contributed by atoms with Gasteiger partial charge >= 0.3 is 6.09 Å². The molecule has 0 aliphatic carbocycles. The van der Waals surface area contributed by atoms with E-state index in [1.54, 1.807) is 20.8 Å². The second kappa shape index (κ2) is 6.60. The van der Waals surface area contributed by atoms with Gasteiger partial charge < -0.3 is 15.0 Å². The van der Waals surface area contributed by atoms with Gasteiger partial charge in [0, 0.05) is 12.7 Å². The van der Waals surface area contributed by atoms with E-state index in [4.69, 9.17) is 4.74 Å². The number of aromatic nitrogens is 2. The molecule has 0 saturated heterocycles. The van der Waals surface area contributed by atoms with Gasteiger partial charge in [0.25, 0.3) is 5.56 Å². The third-order valence-corrected chi connectivity index (χ3v) is 2.90. The van der Waals surface area contributed by atoms with Crippen molar-refractivity contribution >= 4 is 6.09 Å². The first-order valence-electron chi connectivity index (χ1n) is 7.04. The fraction of sp³-hybridized carbons (Fsp3) is 0.312. The molecule has 7 heteroatoms. The molecule has 2 N–H and O–H groups in total. The van der Waals surface area contributed by atoms with Crippen LogP contribution in [0.25, 0.3) is 11.1 Å². The molecule has 122 valence electrons. The van der Waals surface area contributed by atoms with Crippen molar-refractivity contribution < 1.29 is 13.9 Å². The lowest BCUT2D eigenvalue weighted by Gasteiger charge is -2.20. The van der Waals surface area contributed by atoms with Crippen LogP contribution < -0.4 is 10.9 Å². The lowest BCUT2D eigenvalue weighted by atomic mass is 10.0. The molecule has 0 fully saturated rings. The first-order valence-corrected chi connectivity index (χ1v) is 7.04. The maximum atomic E-state index is 13.5. The number of benzene rings is 1. The molecule has 0 radical (unpaired) electrons. The number of amides is 1. The highest BCUT2D eigenvalue weighted by molar-refractivity contribution is 5.70. The van der Waals surface area contributed by atoms with Crippen molar-refractivity contribution in [3.8, 4) is 11.1 Å². The van der Waals surface area contributed by atoms with Crippen molar-refractivity contribution in [3.63, 3.8) is 0 Å². The van der Waals surface area contributed by atoms with E-state index in [-0.39, 0.29) is 17.7 Å². The van der Waals surface area contributed by atoms with Crippen molar-refractivity contribution in [1.82, 2.24) is 15.3 Å². The Morgan fingerprint density at radius 1 is 1.35 bits per heavy atom. The Morgan fingerprint density at radius 2 is 2.09 bits per heavy atom. The number of alkyl carbamates (subject to hydrolysis) is 1. The lowest BCUT2D eigenvalue weighted by Crippen LogP contribution is -2.32. The molecule has 0 saturated carbocycles. The summed E-state index contributed by atoms with van der Waals surface area (Å²) in [7, 11) is 0. The Labute approximate surface area is 132 Å². The number of H-pyrrole nitrogens is 1. The summed E-state index contributed by atoms with van der Waals surface area (Å²) in [4.78, 5) is 29.9. The number of halogens is 1. The van der Waals surface area contributed by atoms with Crippen LogP contribution in [0.5, 0.6) is 0 Å². The highest BCUT2D eigenvalue weighted by Crippen LogP contribution is 2.21. The van der Waals surface area contributed by atoms with E-state index in [0.29, 0.717) is 11.1 Å². The minimum atomic E-state index is -0.615. The van der Waals surface area contributed by atoms with Gasteiger partial charge in [0.2, 0.25) is 0 Å². The molecular formula is C16H18FN3O3. The molecule has 23 heavy (non-hydrogen) atoms. The van der Waals surface area contributed by atoms with E-state index < -0.39 is 17.5 Å². The van der Waals surface area contributed by atoms with Gasteiger partial charge in [-0.3, -0.25) is 4.79 Å². The summed E-state index contributed by atoms with van der Waals surface area (Å²) in [6.45, 7) is 5.36. The van der Waals surface area contributed by atoms with Gasteiger partial charge in [-0.15, -0.1) is 0 Å². The van der Waals surface area contributed by atoms with Crippen molar-refractivity contribution in [1.29, 1.82) is 0 Å². The van der Waals surface area contributed by atoms with Crippen LogP contribution in [0.4, 0.5) is 9.18 Å². The van der Waals surface area contributed by atoms with Gasteiger partial charge in [0.1, 0.15) is 11.4 Å². The molecule has 1 heterocycles. The average molecular weight is 319 g/mol. The molecule has 6 nitrogen and oxygen atoms in total. The fourth-order valence-corrected chi connectivity index (χ4v) is 1.97. The molecule has 1 aromatic carbocycles. The lowest BCUT2D eigenvalue weighted by molar-refractivity contribution is 0.0523. The SMILES string of the molecule is CC(C)(C)OC(=O)NCc1ccc(F)cc1-c1cnc[nH]c1=O. The van der Waals surface area contributed by atoms with Crippen LogP contribution in [0.1, 0.15) is 26.3 Å². The Kier molecular flexibility index (Phi) is 4.78. The first kappa shape index (κ1) is 16.7. The van der Waals surface area contributed by atoms with Crippen molar-refractivity contribution in [2.45, 2.75) is 32.9 Å². The van der Waals surface area contributed by atoms with Gasteiger partial charge in [0.05, 0.1) is 11.9 Å². The van der Waals surface area contributed by atoms with Crippen LogP contribution in [0.2, 0.25) is 0 Å². The zero-order valence-electron chi connectivity index (χ0n) is 13.1. The zero-order chi connectivity index (χ0) is 17.0. The summed E-state index contributed by atoms with van der Waals surface area (Å²) in [5, 5.41) is 2.59. The Balaban J connectivity index is 2.25. The Morgan fingerprint density at radius 3 is 2.74 bits per heavy atom. The van der Waals surface area contributed by atoms with Crippen LogP contribution >= 0.6 is 0 Å². The highest BCUT2D eigenvalue weighted by atomic mass is 19.1. The molecule has 2 rings (SSSR count). The maximum Gasteiger partial charge on any atom is 0.407 e. The molecule has 1 aromatic heterocycles. The molecule has 1 amide bonds. The minimum Gasteiger partial charge on any atom is -0.444 e. The molecule has 0 unspecified atom stereocenters. The van der Waals surface area contributed by atoms with E-state index >= 15 is 0 Å². The van der Waals surface area contributed by atoms with Gasteiger partial charge in [-0.05, 0) is 44.0 Å². The predicted molar refractivity (Wildman–Crippen MR) is 83.3 cm³/mol.